The Bertz CT molecular complexity index is 683. The summed E-state index contributed by atoms with van der Waals surface area (Å²) in [5, 5.41) is 3.62. The zero-order valence-corrected chi connectivity index (χ0v) is 13.6. The van der Waals surface area contributed by atoms with E-state index in [4.69, 9.17) is 5.73 Å². The summed E-state index contributed by atoms with van der Waals surface area (Å²) in [5.41, 5.74) is 9.26. The van der Waals surface area contributed by atoms with Crippen LogP contribution in [0.1, 0.15) is 36.5 Å². The molecule has 3 heteroatoms. The number of benzene rings is 2. The summed E-state index contributed by atoms with van der Waals surface area (Å²) in [7, 11) is 0. The monoisotopic (exact) mass is 308 g/mol. The number of primary amides is 1. The van der Waals surface area contributed by atoms with Gasteiger partial charge in [0.25, 0.3) is 0 Å². The molecule has 23 heavy (non-hydrogen) atoms. The Morgan fingerprint density at radius 1 is 1.13 bits per heavy atom. The van der Waals surface area contributed by atoms with Gasteiger partial charge in [0, 0.05) is 24.4 Å². The number of fused-ring (bicyclic) bond motifs is 1. The minimum atomic E-state index is -0.243. The van der Waals surface area contributed by atoms with Gasteiger partial charge in [0.05, 0.1) is 0 Å². The van der Waals surface area contributed by atoms with Crippen molar-refractivity contribution < 1.29 is 4.79 Å². The number of rotatable bonds is 5. The highest BCUT2D eigenvalue weighted by Gasteiger charge is 2.33. The molecule has 0 aromatic heterocycles. The maximum absolute atomic E-state index is 11.6. The minimum Gasteiger partial charge on any atom is -0.370 e. The molecule has 1 heterocycles. The van der Waals surface area contributed by atoms with Gasteiger partial charge >= 0.3 is 0 Å². The van der Waals surface area contributed by atoms with Gasteiger partial charge in [-0.3, -0.25) is 4.79 Å². The van der Waals surface area contributed by atoms with Crippen LogP contribution in [0, 0.1) is 0 Å². The Balaban J connectivity index is 1.81. The van der Waals surface area contributed by atoms with Crippen molar-refractivity contribution in [2.75, 3.05) is 0 Å². The number of carbonyl (C=O) groups excluding carboxylic acids is 1. The van der Waals surface area contributed by atoms with Gasteiger partial charge in [0.2, 0.25) is 5.91 Å². The van der Waals surface area contributed by atoms with E-state index in [1.165, 1.54) is 16.7 Å². The fraction of sp³-hybridized carbons (Fsp3) is 0.350. The van der Waals surface area contributed by atoms with E-state index in [1.54, 1.807) is 0 Å². The number of amides is 1. The van der Waals surface area contributed by atoms with Crippen LogP contribution in [0.4, 0.5) is 0 Å². The van der Waals surface area contributed by atoms with Crippen LogP contribution in [0.5, 0.6) is 0 Å². The summed E-state index contributed by atoms with van der Waals surface area (Å²) in [6.45, 7) is 3.04. The SMILES string of the molecule is CC(CC(N)=O)(CC1Cc2ccccc2CN1)c1ccccc1. The van der Waals surface area contributed by atoms with Crippen LogP contribution in [0.25, 0.3) is 0 Å². The highest BCUT2D eigenvalue weighted by atomic mass is 16.1. The van der Waals surface area contributed by atoms with Gasteiger partial charge in [0.1, 0.15) is 0 Å². The lowest BCUT2D eigenvalue weighted by molar-refractivity contribution is -0.119. The van der Waals surface area contributed by atoms with Crippen molar-refractivity contribution in [1.29, 1.82) is 0 Å². The fourth-order valence-corrected chi connectivity index (χ4v) is 3.73. The molecule has 3 rings (SSSR count). The maximum atomic E-state index is 11.6. The first-order chi connectivity index (χ1) is 11.1. The summed E-state index contributed by atoms with van der Waals surface area (Å²) in [6.07, 6.45) is 2.27. The first kappa shape index (κ1) is 15.8. The van der Waals surface area contributed by atoms with Crippen LogP contribution in [0.3, 0.4) is 0 Å². The van der Waals surface area contributed by atoms with Gasteiger partial charge in [-0.15, -0.1) is 0 Å². The molecule has 0 saturated heterocycles. The van der Waals surface area contributed by atoms with Crippen molar-refractivity contribution in [3.63, 3.8) is 0 Å². The lowest BCUT2D eigenvalue weighted by atomic mass is 9.73. The van der Waals surface area contributed by atoms with Gasteiger partial charge in [-0.2, -0.15) is 0 Å². The molecule has 2 atom stereocenters. The normalized spacial score (nSPS) is 19.6. The van der Waals surface area contributed by atoms with Gasteiger partial charge in [0.15, 0.2) is 0 Å². The minimum absolute atomic E-state index is 0.239. The summed E-state index contributed by atoms with van der Waals surface area (Å²) < 4.78 is 0. The van der Waals surface area contributed by atoms with Crippen molar-refractivity contribution >= 4 is 5.91 Å². The number of carbonyl (C=O) groups is 1. The molecule has 2 unspecified atom stereocenters. The quantitative estimate of drug-likeness (QED) is 0.892. The molecule has 2 aromatic carbocycles. The molecule has 0 radical (unpaired) electrons. The molecule has 3 nitrogen and oxygen atoms in total. The molecule has 1 aliphatic rings. The van der Waals surface area contributed by atoms with Crippen molar-refractivity contribution in [1.82, 2.24) is 5.32 Å². The zero-order valence-electron chi connectivity index (χ0n) is 13.6. The maximum Gasteiger partial charge on any atom is 0.218 e. The second kappa shape index (κ2) is 6.55. The second-order valence-electron chi connectivity index (χ2n) is 6.82. The Morgan fingerprint density at radius 3 is 2.48 bits per heavy atom. The topological polar surface area (TPSA) is 55.1 Å². The van der Waals surface area contributed by atoms with Crippen LogP contribution >= 0.6 is 0 Å². The van der Waals surface area contributed by atoms with E-state index in [0.717, 1.165) is 19.4 Å². The standard InChI is InChI=1S/C20H24N2O/c1-20(13-19(21)23,17-9-3-2-4-10-17)12-18-11-15-7-5-6-8-16(15)14-22-18/h2-10,18,22H,11-14H2,1H3,(H2,21,23). The Hall–Kier alpha value is -2.13. The Labute approximate surface area is 137 Å². The summed E-state index contributed by atoms with van der Waals surface area (Å²) in [5.74, 6) is -0.243. The van der Waals surface area contributed by atoms with Crippen LogP contribution in [-0.2, 0) is 23.2 Å². The molecule has 2 aromatic rings. The van der Waals surface area contributed by atoms with Gasteiger partial charge in [-0.05, 0) is 29.5 Å². The first-order valence-corrected chi connectivity index (χ1v) is 8.21. The molecule has 0 aliphatic carbocycles. The van der Waals surface area contributed by atoms with Crippen LogP contribution < -0.4 is 11.1 Å². The van der Waals surface area contributed by atoms with Crippen LogP contribution in [0.15, 0.2) is 54.6 Å². The third kappa shape index (κ3) is 3.62. The lowest BCUT2D eigenvalue weighted by Gasteiger charge is -2.36. The van der Waals surface area contributed by atoms with Crippen LogP contribution in [0.2, 0.25) is 0 Å². The number of nitrogens with one attached hydrogen (secondary N) is 1. The molecule has 0 spiro atoms. The number of hydrogen-bond acceptors (Lipinski definition) is 2. The molecule has 0 fully saturated rings. The summed E-state index contributed by atoms with van der Waals surface area (Å²) >= 11 is 0. The van der Waals surface area contributed by atoms with E-state index >= 15 is 0 Å². The van der Waals surface area contributed by atoms with E-state index in [2.05, 4.69) is 48.6 Å². The van der Waals surface area contributed by atoms with E-state index in [1.807, 2.05) is 18.2 Å². The lowest BCUT2D eigenvalue weighted by Crippen LogP contribution is -2.42. The van der Waals surface area contributed by atoms with Gasteiger partial charge in [-0.1, -0.05) is 61.5 Å². The Kier molecular flexibility index (Phi) is 4.49. The van der Waals surface area contributed by atoms with Crippen LogP contribution in [-0.4, -0.2) is 11.9 Å². The molecule has 3 N–H and O–H groups in total. The van der Waals surface area contributed by atoms with E-state index < -0.39 is 0 Å². The average molecular weight is 308 g/mol. The average Bonchev–Trinajstić information content (AvgIpc) is 2.55. The molecular formula is C20H24N2O. The van der Waals surface area contributed by atoms with E-state index in [-0.39, 0.29) is 11.3 Å². The smallest absolute Gasteiger partial charge is 0.218 e. The van der Waals surface area contributed by atoms with E-state index in [0.29, 0.717) is 12.5 Å². The fourth-order valence-electron chi connectivity index (χ4n) is 3.73. The predicted octanol–water partition coefficient (Wildman–Crippen LogP) is 2.92. The highest BCUT2D eigenvalue weighted by Crippen LogP contribution is 2.34. The Morgan fingerprint density at radius 2 is 1.78 bits per heavy atom. The van der Waals surface area contributed by atoms with Crippen molar-refractivity contribution in [3.05, 3.63) is 71.3 Å². The predicted molar refractivity (Wildman–Crippen MR) is 93.0 cm³/mol. The summed E-state index contributed by atoms with van der Waals surface area (Å²) in [6, 6.07) is 19.2. The molecule has 1 amide bonds. The third-order valence-corrected chi connectivity index (χ3v) is 4.90. The largest absolute Gasteiger partial charge is 0.370 e. The van der Waals surface area contributed by atoms with E-state index in [9.17, 15) is 4.79 Å². The number of hydrogen-bond donors (Lipinski definition) is 2. The van der Waals surface area contributed by atoms with Crippen molar-refractivity contribution in [3.8, 4) is 0 Å². The second-order valence-corrected chi connectivity index (χ2v) is 6.82. The van der Waals surface area contributed by atoms with Crippen molar-refractivity contribution in [2.24, 2.45) is 5.73 Å². The number of nitrogens with two attached hydrogens (primary N) is 1. The molecule has 1 aliphatic heterocycles. The van der Waals surface area contributed by atoms with Crippen molar-refractivity contribution in [2.45, 2.75) is 44.2 Å². The third-order valence-electron chi connectivity index (χ3n) is 4.90. The highest BCUT2D eigenvalue weighted by molar-refractivity contribution is 5.75. The van der Waals surface area contributed by atoms with Gasteiger partial charge in [-0.25, -0.2) is 0 Å². The molecular weight excluding hydrogens is 284 g/mol. The summed E-state index contributed by atoms with van der Waals surface area (Å²) in [4.78, 5) is 11.6. The molecule has 0 saturated carbocycles. The zero-order chi connectivity index (χ0) is 16.3. The molecule has 0 bridgehead atoms. The first-order valence-electron chi connectivity index (χ1n) is 8.21. The molecule has 120 valence electrons. The van der Waals surface area contributed by atoms with Gasteiger partial charge < -0.3 is 11.1 Å².